The zero-order chi connectivity index (χ0) is 18.5. The van der Waals surface area contributed by atoms with Gasteiger partial charge in [-0.3, -0.25) is 9.69 Å². The van der Waals surface area contributed by atoms with Gasteiger partial charge in [0.2, 0.25) is 5.91 Å². The topological polar surface area (TPSA) is 66.5 Å². The van der Waals surface area contributed by atoms with Crippen molar-refractivity contribution < 1.29 is 13.9 Å². The second kappa shape index (κ2) is 8.25. The molecule has 1 aromatic heterocycles. The summed E-state index contributed by atoms with van der Waals surface area (Å²) in [4.78, 5) is 18.8. The molecule has 1 aliphatic heterocycles. The average Bonchev–Trinajstić information content (AvgIpc) is 2.64. The van der Waals surface area contributed by atoms with Crippen LogP contribution in [0.15, 0.2) is 42.6 Å². The van der Waals surface area contributed by atoms with Crippen LogP contribution < -0.4 is 15.4 Å². The van der Waals surface area contributed by atoms with Crippen molar-refractivity contribution in [3.05, 3.63) is 48.4 Å². The Labute approximate surface area is 152 Å². The number of carbonyl (C=O) groups excluding carboxylic acids is 1. The standard InChI is InChI=1S/C19H23FN4O2/c1-13-12-24(10-9-21-13)14(2)19(25)23-18-8-7-17(11-22-18)26-16-5-3-15(20)4-6-16/h3-8,11,13-14,21H,9-10,12H2,1-2H3,(H,22,23,25)/t13-,14?/m0/s1. The largest absolute Gasteiger partial charge is 0.456 e. The summed E-state index contributed by atoms with van der Waals surface area (Å²) >= 11 is 0. The maximum absolute atomic E-state index is 12.9. The van der Waals surface area contributed by atoms with Gasteiger partial charge in [-0.2, -0.15) is 0 Å². The molecule has 2 atom stereocenters. The molecule has 1 saturated heterocycles. The van der Waals surface area contributed by atoms with Crippen LogP contribution in [0.5, 0.6) is 11.5 Å². The van der Waals surface area contributed by atoms with Gasteiger partial charge in [0.25, 0.3) is 0 Å². The normalized spacial score (nSPS) is 19.0. The molecule has 3 rings (SSSR count). The smallest absolute Gasteiger partial charge is 0.242 e. The number of halogens is 1. The number of piperazine rings is 1. The Morgan fingerprint density at radius 3 is 2.69 bits per heavy atom. The summed E-state index contributed by atoms with van der Waals surface area (Å²) in [6, 6.07) is 9.29. The van der Waals surface area contributed by atoms with Gasteiger partial charge in [-0.05, 0) is 50.2 Å². The first-order chi connectivity index (χ1) is 12.5. The number of amides is 1. The van der Waals surface area contributed by atoms with E-state index in [1.54, 1.807) is 24.3 Å². The van der Waals surface area contributed by atoms with Crippen LogP contribution in [0, 0.1) is 5.82 Å². The zero-order valence-corrected chi connectivity index (χ0v) is 14.9. The molecule has 0 saturated carbocycles. The number of hydrogen-bond donors (Lipinski definition) is 2. The molecule has 0 spiro atoms. The highest BCUT2D eigenvalue weighted by molar-refractivity contribution is 5.93. The van der Waals surface area contributed by atoms with E-state index in [4.69, 9.17) is 4.74 Å². The van der Waals surface area contributed by atoms with E-state index < -0.39 is 0 Å². The van der Waals surface area contributed by atoms with Crippen molar-refractivity contribution in [1.82, 2.24) is 15.2 Å². The lowest BCUT2D eigenvalue weighted by Crippen LogP contribution is -2.54. The van der Waals surface area contributed by atoms with Crippen LogP contribution in [0.1, 0.15) is 13.8 Å². The number of rotatable bonds is 5. The number of anilines is 1. The molecular formula is C19H23FN4O2. The number of benzene rings is 1. The van der Waals surface area contributed by atoms with Gasteiger partial charge in [0.15, 0.2) is 0 Å². The number of carbonyl (C=O) groups is 1. The third kappa shape index (κ3) is 4.77. The number of nitrogens with one attached hydrogen (secondary N) is 2. The second-order valence-corrected chi connectivity index (χ2v) is 6.45. The first kappa shape index (κ1) is 18.3. The molecule has 1 amide bonds. The number of aromatic nitrogens is 1. The molecule has 6 nitrogen and oxygen atoms in total. The molecule has 2 N–H and O–H groups in total. The van der Waals surface area contributed by atoms with E-state index in [1.165, 1.54) is 18.3 Å². The van der Waals surface area contributed by atoms with Gasteiger partial charge < -0.3 is 15.4 Å². The molecule has 1 unspecified atom stereocenters. The molecule has 1 aromatic carbocycles. The van der Waals surface area contributed by atoms with Crippen molar-refractivity contribution >= 4 is 11.7 Å². The van der Waals surface area contributed by atoms with Crippen molar-refractivity contribution in [2.45, 2.75) is 25.9 Å². The minimum Gasteiger partial charge on any atom is -0.456 e. The summed E-state index contributed by atoms with van der Waals surface area (Å²) in [5.41, 5.74) is 0. The summed E-state index contributed by atoms with van der Waals surface area (Å²) in [7, 11) is 0. The Hall–Kier alpha value is -2.51. The summed E-state index contributed by atoms with van der Waals surface area (Å²) in [5, 5.41) is 6.20. The highest BCUT2D eigenvalue weighted by Crippen LogP contribution is 2.21. The first-order valence-electron chi connectivity index (χ1n) is 8.69. The third-order valence-electron chi connectivity index (χ3n) is 4.36. The van der Waals surface area contributed by atoms with Crippen LogP contribution in [0.3, 0.4) is 0 Å². The SMILES string of the molecule is CC(C(=O)Nc1ccc(Oc2ccc(F)cc2)cn1)N1CCN[C@@H](C)C1. The molecule has 7 heteroatoms. The van der Waals surface area contributed by atoms with E-state index in [2.05, 4.69) is 27.4 Å². The van der Waals surface area contributed by atoms with Crippen molar-refractivity contribution in [2.75, 3.05) is 25.0 Å². The van der Waals surface area contributed by atoms with Crippen LogP contribution in [0.25, 0.3) is 0 Å². The Bertz CT molecular complexity index is 736. The molecule has 1 fully saturated rings. The summed E-state index contributed by atoms with van der Waals surface area (Å²) in [6.07, 6.45) is 1.52. The Kier molecular flexibility index (Phi) is 5.80. The van der Waals surface area contributed by atoms with Gasteiger partial charge in [0, 0.05) is 25.7 Å². The predicted octanol–water partition coefficient (Wildman–Crippen LogP) is 2.63. The minimum absolute atomic E-state index is 0.0844. The van der Waals surface area contributed by atoms with Crippen LogP contribution in [-0.2, 0) is 4.79 Å². The zero-order valence-electron chi connectivity index (χ0n) is 14.9. The van der Waals surface area contributed by atoms with E-state index in [0.29, 0.717) is 23.4 Å². The number of nitrogens with zero attached hydrogens (tertiary/aromatic N) is 2. The molecule has 2 aromatic rings. The van der Waals surface area contributed by atoms with E-state index in [0.717, 1.165) is 19.6 Å². The van der Waals surface area contributed by atoms with Gasteiger partial charge in [-0.15, -0.1) is 0 Å². The number of ether oxygens (including phenoxy) is 1. The van der Waals surface area contributed by atoms with Gasteiger partial charge >= 0.3 is 0 Å². The van der Waals surface area contributed by atoms with Crippen LogP contribution >= 0.6 is 0 Å². The lowest BCUT2D eigenvalue weighted by Gasteiger charge is -2.35. The van der Waals surface area contributed by atoms with Crippen LogP contribution in [0.2, 0.25) is 0 Å². The minimum atomic E-state index is -0.318. The summed E-state index contributed by atoms with van der Waals surface area (Å²) < 4.78 is 18.5. The lowest BCUT2D eigenvalue weighted by atomic mass is 10.1. The molecule has 138 valence electrons. The van der Waals surface area contributed by atoms with Crippen molar-refractivity contribution in [3.63, 3.8) is 0 Å². The van der Waals surface area contributed by atoms with E-state index in [9.17, 15) is 9.18 Å². The van der Waals surface area contributed by atoms with Crippen molar-refractivity contribution in [3.8, 4) is 11.5 Å². The highest BCUT2D eigenvalue weighted by atomic mass is 19.1. The monoisotopic (exact) mass is 358 g/mol. The quantitative estimate of drug-likeness (QED) is 0.860. The Morgan fingerprint density at radius 1 is 1.31 bits per heavy atom. The van der Waals surface area contributed by atoms with Crippen LogP contribution in [-0.4, -0.2) is 47.5 Å². The molecule has 2 heterocycles. The summed E-state index contributed by atoms with van der Waals surface area (Å²) in [5.74, 6) is 1.10. The van der Waals surface area contributed by atoms with E-state index in [-0.39, 0.29) is 17.8 Å². The van der Waals surface area contributed by atoms with Gasteiger partial charge in [0.05, 0.1) is 12.2 Å². The van der Waals surface area contributed by atoms with Crippen molar-refractivity contribution in [1.29, 1.82) is 0 Å². The van der Waals surface area contributed by atoms with Gasteiger partial charge in [-0.1, -0.05) is 0 Å². The number of hydrogen-bond acceptors (Lipinski definition) is 5. The molecule has 1 aliphatic rings. The lowest BCUT2D eigenvalue weighted by molar-refractivity contribution is -0.121. The van der Waals surface area contributed by atoms with Gasteiger partial charge in [0.1, 0.15) is 23.1 Å². The summed E-state index contributed by atoms with van der Waals surface area (Å²) in [6.45, 7) is 6.58. The van der Waals surface area contributed by atoms with E-state index >= 15 is 0 Å². The third-order valence-corrected chi connectivity index (χ3v) is 4.36. The van der Waals surface area contributed by atoms with E-state index in [1.807, 2.05) is 6.92 Å². The van der Waals surface area contributed by atoms with Gasteiger partial charge in [-0.25, -0.2) is 9.37 Å². The molecule has 0 aliphatic carbocycles. The molecular weight excluding hydrogens is 335 g/mol. The number of pyridine rings is 1. The Balaban J connectivity index is 1.56. The maximum atomic E-state index is 12.9. The second-order valence-electron chi connectivity index (χ2n) is 6.45. The fourth-order valence-corrected chi connectivity index (χ4v) is 2.86. The van der Waals surface area contributed by atoms with Crippen LogP contribution in [0.4, 0.5) is 10.2 Å². The molecule has 0 bridgehead atoms. The maximum Gasteiger partial charge on any atom is 0.242 e. The molecule has 26 heavy (non-hydrogen) atoms. The van der Waals surface area contributed by atoms with Crippen molar-refractivity contribution in [2.24, 2.45) is 0 Å². The molecule has 0 radical (unpaired) electrons. The highest BCUT2D eigenvalue weighted by Gasteiger charge is 2.25. The fourth-order valence-electron chi connectivity index (χ4n) is 2.86. The average molecular weight is 358 g/mol. The first-order valence-corrected chi connectivity index (χ1v) is 8.69. The Morgan fingerprint density at radius 2 is 2.04 bits per heavy atom. The predicted molar refractivity (Wildman–Crippen MR) is 97.8 cm³/mol. The fraction of sp³-hybridized carbons (Fsp3) is 0.368.